The lowest BCUT2D eigenvalue weighted by atomic mass is 10.1. The first-order chi connectivity index (χ1) is 11.7. The largest absolute Gasteiger partial charge is 0.361 e. The first-order valence-corrected chi connectivity index (χ1v) is 8.10. The van der Waals surface area contributed by atoms with E-state index in [0.717, 1.165) is 33.2 Å². The number of carbonyl (C=O) groups excluding carboxylic acids is 1. The Morgan fingerprint density at radius 3 is 2.54 bits per heavy atom. The summed E-state index contributed by atoms with van der Waals surface area (Å²) in [5, 5.41) is 5.32. The van der Waals surface area contributed by atoms with Gasteiger partial charge in [-0.15, -0.1) is 0 Å². The second-order valence-corrected chi connectivity index (χ2v) is 6.09. The zero-order valence-corrected chi connectivity index (χ0v) is 13.5. The molecule has 0 aliphatic rings. The van der Waals surface area contributed by atoms with E-state index < -0.39 is 0 Å². The topological polar surface area (TPSA) is 60.7 Å². The molecule has 4 nitrogen and oxygen atoms in total. The maximum Gasteiger partial charge on any atom is 0.224 e. The summed E-state index contributed by atoms with van der Waals surface area (Å²) in [7, 11) is 0. The Labute approximate surface area is 139 Å². The molecule has 0 radical (unpaired) electrons. The highest BCUT2D eigenvalue weighted by atomic mass is 16.1. The van der Waals surface area contributed by atoms with Crippen molar-refractivity contribution in [3.8, 4) is 0 Å². The van der Waals surface area contributed by atoms with E-state index in [-0.39, 0.29) is 5.91 Å². The van der Waals surface area contributed by atoms with Gasteiger partial charge in [0.1, 0.15) is 0 Å². The Morgan fingerprint density at radius 2 is 1.71 bits per heavy atom. The van der Waals surface area contributed by atoms with Gasteiger partial charge in [-0.25, -0.2) is 0 Å². The van der Waals surface area contributed by atoms with Crippen LogP contribution in [-0.2, 0) is 17.8 Å². The Morgan fingerprint density at radius 1 is 1.00 bits per heavy atom. The van der Waals surface area contributed by atoms with Crippen molar-refractivity contribution in [2.75, 3.05) is 0 Å². The Hall–Kier alpha value is -3.01. The van der Waals surface area contributed by atoms with Crippen molar-refractivity contribution in [3.05, 3.63) is 71.5 Å². The molecule has 0 unspecified atom stereocenters. The van der Waals surface area contributed by atoms with Crippen LogP contribution in [0, 0.1) is 6.92 Å². The smallest absolute Gasteiger partial charge is 0.224 e. The van der Waals surface area contributed by atoms with Crippen molar-refractivity contribution in [3.63, 3.8) is 0 Å². The average molecular weight is 317 g/mol. The molecular formula is C20H19N3O. The van der Waals surface area contributed by atoms with E-state index in [9.17, 15) is 4.79 Å². The highest BCUT2D eigenvalue weighted by Crippen LogP contribution is 2.22. The molecule has 4 heteroatoms. The van der Waals surface area contributed by atoms with Gasteiger partial charge in [0.2, 0.25) is 5.91 Å². The predicted molar refractivity (Wildman–Crippen MR) is 96.9 cm³/mol. The van der Waals surface area contributed by atoms with Gasteiger partial charge < -0.3 is 15.3 Å². The maximum atomic E-state index is 12.4. The standard InChI is InChI=1S/C20H19N3O/c1-13-17(16-7-3-5-9-19(16)23-13)12-22-20(24)10-14-11-21-18-8-4-2-6-15(14)18/h2-9,11,21,23H,10,12H2,1H3,(H,22,24). The average Bonchev–Trinajstić information content (AvgIpc) is 3.14. The van der Waals surface area contributed by atoms with Crippen LogP contribution in [-0.4, -0.2) is 15.9 Å². The molecule has 0 spiro atoms. The van der Waals surface area contributed by atoms with Gasteiger partial charge in [0.15, 0.2) is 0 Å². The molecule has 0 atom stereocenters. The third-order valence-corrected chi connectivity index (χ3v) is 4.52. The third-order valence-electron chi connectivity index (χ3n) is 4.52. The fourth-order valence-electron chi connectivity index (χ4n) is 3.26. The van der Waals surface area contributed by atoms with Gasteiger partial charge in [-0.2, -0.15) is 0 Å². The van der Waals surface area contributed by atoms with Crippen LogP contribution in [0.4, 0.5) is 0 Å². The lowest BCUT2D eigenvalue weighted by Gasteiger charge is -2.05. The number of fused-ring (bicyclic) bond motifs is 2. The fraction of sp³-hybridized carbons (Fsp3) is 0.150. The number of amides is 1. The summed E-state index contributed by atoms with van der Waals surface area (Å²) in [6, 6.07) is 16.2. The lowest BCUT2D eigenvalue weighted by molar-refractivity contribution is -0.120. The molecule has 2 heterocycles. The molecule has 0 saturated heterocycles. The lowest BCUT2D eigenvalue weighted by Crippen LogP contribution is -2.24. The molecule has 2 aromatic heterocycles. The molecule has 0 saturated carbocycles. The summed E-state index contributed by atoms with van der Waals surface area (Å²) >= 11 is 0. The number of para-hydroxylation sites is 2. The van der Waals surface area contributed by atoms with Crippen molar-refractivity contribution in [2.24, 2.45) is 0 Å². The monoisotopic (exact) mass is 317 g/mol. The van der Waals surface area contributed by atoms with E-state index in [4.69, 9.17) is 0 Å². The predicted octanol–water partition coefficient (Wildman–Crippen LogP) is 3.82. The molecule has 0 aliphatic heterocycles. The maximum absolute atomic E-state index is 12.4. The van der Waals surface area contributed by atoms with Gasteiger partial charge in [0, 0.05) is 40.2 Å². The number of aromatic amines is 2. The first kappa shape index (κ1) is 14.6. The van der Waals surface area contributed by atoms with E-state index in [2.05, 4.69) is 27.4 Å². The number of hydrogen-bond acceptors (Lipinski definition) is 1. The highest BCUT2D eigenvalue weighted by molar-refractivity contribution is 5.89. The van der Waals surface area contributed by atoms with Gasteiger partial charge in [0.05, 0.1) is 6.42 Å². The molecule has 0 bridgehead atoms. The minimum atomic E-state index is 0.0319. The van der Waals surface area contributed by atoms with E-state index in [1.165, 1.54) is 5.39 Å². The molecule has 120 valence electrons. The van der Waals surface area contributed by atoms with Crippen LogP contribution < -0.4 is 5.32 Å². The Balaban J connectivity index is 1.49. The van der Waals surface area contributed by atoms with Crippen LogP contribution in [0.2, 0.25) is 0 Å². The number of nitrogens with one attached hydrogen (secondary N) is 3. The van der Waals surface area contributed by atoms with Crippen LogP contribution in [0.5, 0.6) is 0 Å². The number of aromatic nitrogens is 2. The van der Waals surface area contributed by atoms with Crippen LogP contribution in [0.3, 0.4) is 0 Å². The van der Waals surface area contributed by atoms with Crippen molar-refractivity contribution >= 4 is 27.7 Å². The molecular weight excluding hydrogens is 298 g/mol. The number of rotatable bonds is 4. The molecule has 4 aromatic rings. The second kappa shape index (κ2) is 5.89. The minimum absolute atomic E-state index is 0.0319. The van der Waals surface area contributed by atoms with E-state index in [1.54, 1.807) is 0 Å². The Bertz CT molecular complexity index is 1030. The fourth-order valence-corrected chi connectivity index (χ4v) is 3.26. The molecule has 0 fully saturated rings. The quantitative estimate of drug-likeness (QED) is 0.526. The van der Waals surface area contributed by atoms with Gasteiger partial charge in [0.25, 0.3) is 0 Å². The summed E-state index contributed by atoms with van der Waals surface area (Å²) in [6.45, 7) is 2.58. The molecule has 0 aliphatic carbocycles. The first-order valence-electron chi connectivity index (χ1n) is 8.10. The summed E-state index contributed by atoms with van der Waals surface area (Å²) in [5.41, 5.74) is 5.45. The van der Waals surface area contributed by atoms with E-state index >= 15 is 0 Å². The normalized spacial score (nSPS) is 11.2. The van der Waals surface area contributed by atoms with Gasteiger partial charge >= 0.3 is 0 Å². The minimum Gasteiger partial charge on any atom is -0.361 e. The van der Waals surface area contributed by atoms with Crippen molar-refractivity contribution in [1.29, 1.82) is 0 Å². The molecule has 2 aromatic carbocycles. The Kier molecular flexibility index (Phi) is 3.58. The van der Waals surface area contributed by atoms with E-state index in [0.29, 0.717) is 13.0 Å². The SMILES string of the molecule is Cc1[nH]c2ccccc2c1CNC(=O)Cc1c[nH]c2ccccc12. The molecule has 1 amide bonds. The van der Waals surface area contributed by atoms with Crippen molar-refractivity contribution in [1.82, 2.24) is 15.3 Å². The molecule has 3 N–H and O–H groups in total. The van der Waals surface area contributed by atoms with Gasteiger partial charge in [-0.1, -0.05) is 36.4 Å². The van der Waals surface area contributed by atoms with Crippen LogP contribution in [0.1, 0.15) is 16.8 Å². The second-order valence-electron chi connectivity index (χ2n) is 6.09. The number of benzene rings is 2. The van der Waals surface area contributed by atoms with Crippen molar-refractivity contribution in [2.45, 2.75) is 19.9 Å². The zero-order chi connectivity index (χ0) is 16.5. The van der Waals surface area contributed by atoms with Crippen LogP contribution in [0.25, 0.3) is 21.8 Å². The van der Waals surface area contributed by atoms with Crippen LogP contribution in [0.15, 0.2) is 54.7 Å². The number of hydrogen-bond donors (Lipinski definition) is 3. The number of carbonyl (C=O) groups is 1. The molecule has 4 rings (SSSR count). The van der Waals surface area contributed by atoms with Crippen LogP contribution >= 0.6 is 0 Å². The summed E-state index contributed by atoms with van der Waals surface area (Å²) in [6.07, 6.45) is 2.30. The summed E-state index contributed by atoms with van der Waals surface area (Å²) in [4.78, 5) is 18.9. The molecule has 24 heavy (non-hydrogen) atoms. The van der Waals surface area contributed by atoms with E-state index in [1.807, 2.05) is 49.5 Å². The summed E-state index contributed by atoms with van der Waals surface area (Å²) < 4.78 is 0. The third kappa shape index (κ3) is 2.56. The number of H-pyrrole nitrogens is 2. The summed E-state index contributed by atoms with van der Waals surface area (Å²) in [5.74, 6) is 0.0319. The van der Waals surface area contributed by atoms with Crippen molar-refractivity contribution < 1.29 is 4.79 Å². The van der Waals surface area contributed by atoms with Gasteiger partial charge in [-0.3, -0.25) is 4.79 Å². The zero-order valence-electron chi connectivity index (χ0n) is 13.5. The number of aryl methyl sites for hydroxylation is 1. The highest BCUT2D eigenvalue weighted by Gasteiger charge is 2.11. The van der Waals surface area contributed by atoms with Gasteiger partial charge in [-0.05, 0) is 30.2 Å².